The van der Waals surface area contributed by atoms with E-state index in [2.05, 4.69) is 11.2 Å². The van der Waals surface area contributed by atoms with Crippen LogP contribution in [0.4, 0.5) is 4.39 Å². The van der Waals surface area contributed by atoms with Gasteiger partial charge in [-0.2, -0.15) is 0 Å². The van der Waals surface area contributed by atoms with Crippen molar-refractivity contribution >= 4 is 21.6 Å². The van der Waals surface area contributed by atoms with Gasteiger partial charge >= 0.3 is 0 Å². The largest absolute Gasteiger partial charge is 0.309 e. The number of rotatable bonds is 5. The molecule has 0 bridgehead atoms. The van der Waals surface area contributed by atoms with Crippen LogP contribution in [0.5, 0.6) is 0 Å². The number of fused-ring (bicyclic) bond motifs is 1. The van der Waals surface area contributed by atoms with E-state index in [0.717, 1.165) is 5.75 Å². The molecule has 0 radical (unpaired) electrons. The normalized spacial score (nSPS) is 20.1. The molecule has 1 N–H and O–H groups in total. The fourth-order valence-electron chi connectivity index (χ4n) is 2.26. The van der Waals surface area contributed by atoms with Crippen molar-refractivity contribution in [3.8, 4) is 12.3 Å². The highest BCUT2D eigenvalue weighted by molar-refractivity contribution is 7.99. The lowest BCUT2D eigenvalue weighted by Gasteiger charge is -2.26. The van der Waals surface area contributed by atoms with Crippen molar-refractivity contribution in [2.45, 2.75) is 17.4 Å². The van der Waals surface area contributed by atoms with Crippen molar-refractivity contribution in [2.75, 3.05) is 23.8 Å². The smallest absolute Gasteiger partial charge is 0.178 e. The number of hydrogen-bond acceptors (Lipinski definition) is 4. The predicted molar refractivity (Wildman–Crippen MR) is 80.0 cm³/mol. The van der Waals surface area contributed by atoms with Gasteiger partial charge in [0.05, 0.1) is 16.4 Å². The molecule has 0 aromatic heterocycles. The third kappa shape index (κ3) is 3.54. The molecule has 0 fully saturated rings. The Morgan fingerprint density at radius 3 is 3.05 bits per heavy atom. The quantitative estimate of drug-likeness (QED) is 0.513. The lowest BCUT2D eigenvalue weighted by Crippen LogP contribution is -2.31. The number of thioether (sulfide) groups is 1. The van der Waals surface area contributed by atoms with Gasteiger partial charge in [0.1, 0.15) is 5.82 Å². The van der Waals surface area contributed by atoms with Crippen molar-refractivity contribution in [2.24, 2.45) is 0 Å². The molecule has 0 spiro atoms. The second-order valence-corrected chi connectivity index (χ2v) is 7.74. The number of sulfone groups is 1. The Labute approximate surface area is 123 Å². The molecule has 1 aliphatic rings. The minimum absolute atomic E-state index is 0.0980. The Hall–Kier alpha value is -1.03. The molecule has 0 saturated heterocycles. The topological polar surface area (TPSA) is 46.2 Å². The first-order valence-electron chi connectivity index (χ1n) is 6.31. The van der Waals surface area contributed by atoms with E-state index in [1.165, 1.54) is 18.2 Å². The van der Waals surface area contributed by atoms with Gasteiger partial charge in [0, 0.05) is 18.3 Å². The standard InChI is InChI=1S/C14H16FNO2S2/c1-2-7-19-8-6-16-13-5-9-20(17,18)14-4-3-11(15)10-12(13)14/h1,3-4,10,13,16H,5-9H2. The summed E-state index contributed by atoms with van der Waals surface area (Å²) in [6.07, 6.45) is 5.63. The van der Waals surface area contributed by atoms with E-state index in [1.54, 1.807) is 11.8 Å². The lowest BCUT2D eigenvalue weighted by molar-refractivity contribution is 0.501. The summed E-state index contributed by atoms with van der Waals surface area (Å²) in [5, 5.41) is 3.28. The van der Waals surface area contributed by atoms with Crippen LogP contribution in [0.15, 0.2) is 23.1 Å². The SMILES string of the molecule is C#CCSCCNC1CCS(=O)(=O)c2ccc(F)cc21. The first-order chi connectivity index (χ1) is 9.54. The molecule has 0 saturated carbocycles. The number of nitrogens with one attached hydrogen (secondary N) is 1. The molecule has 1 aromatic rings. The summed E-state index contributed by atoms with van der Waals surface area (Å²) < 4.78 is 37.3. The molecule has 0 aliphatic carbocycles. The van der Waals surface area contributed by atoms with E-state index in [4.69, 9.17) is 6.42 Å². The van der Waals surface area contributed by atoms with Gasteiger partial charge in [-0.25, -0.2) is 12.8 Å². The van der Waals surface area contributed by atoms with Gasteiger partial charge in [0.2, 0.25) is 0 Å². The number of halogens is 1. The summed E-state index contributed by atoms with van der Waals surface area (Å²) in [5.74, 6) is 3.74. The van der Waals surface area contributed by atoms with Crippen molar-refractivity contribution < 1.29 is 12.8 Å². The van der Waals surface area contributed by atoms with Crippen molar-refractivity contribution in [1.82, 2.24) is 5.32 Å². The summed E-state index contributed by atoms with van der Waals surface area (Å²) in [6.45, 7) is 0.715. The first kappa shape index (κ1) is 15.4. The number of terminal acetylenes is 1. The van der Waals surface area contributed by atoms with E-state index >= 15 is 0 Å². The van der Waals surface area contributed by atoms with Crippen molar-refractivity contribution in [3.05, 3.63) is 29.6 Å². The summed E-state index contributed by atoms with van der Waals surface area (Å²) in [4.78, 5) is 0.249. The molecule has 1 heterocycles. The first-order valence-corrected chi connectivity index (χ1v) is 9.12. The zero-order valence-corrected chi connectivity index (χ0v) is 12.6. The van der Waals surface area contributed by atoms with Crippen LogP contribution in [0.2, 0.25) is 0 Å². The van der Waals surface area contributed by atoms with Crippen LogP contribution in [0.25, 0.3) is 0 Å². The monoisotopic (exact) mass is 313 g/mol. The van der Waals surface area contributed by atoms with Crippen molar-refractivity contribution in [1.29, 1.82) is 0 Å². The minimum Gasteiger partial charge on any atom is -0.309 e. The molecule has 1 atom stereocenters. The molecule has 3 nitrogen and oxygen atoms in total. The van der Waals surface area contributed by atoms with E-state index in [0.29, 0.717) is 24.3 Å². The molecule has 20 heavy (non-hydrogen) atoms. The van der Waals surface area contributed by atoms with Crippen LogP contribution >= 0.6 is 11.8 Å². The Balaban J connectivity index is 2.10. The molecular weight excluding hydrogens is 297 g/mol. The summed E-state index contributed by atoms with van der Waals surface area (Å²) in [6, 6.07) is 3.76. The molecule has 0 amide bonds. The molecular formula is C14H16FNO2S2. The molecule has 2 rings (SSSR count). The Morgan fingerprint density at radius 2 is 2.30 bits per heavy atom. The van der Waals surface area contributed by atoms with E-state index in [-0.39, 0.29) is 16.7 Å². The van der Waals surface area contributed by atoms with E-state index in [1.807, 2.05) is 0 Å². The van der Waals surface area contributed by atoms with Gasteiger partial charge in [0.25, 0.3) is 0 Å². The van der Waals surface area contributed by atoms with Crippen LogP contribution < -0.4 is 5.32 Å². The second-order valence-electron chi connectivity index (χ2n) is 4.55. The highest BCUT2D eigenvalue weighted by Gasteiger charge is 2.30. The highest BCUT2D eigenvalue weighted by Crippen LogP contribution is 2.32. The Kier molecular flexibility index (Phi) is 5.08. The molecule has 1 aromatic carbocycles. The van der Waals surface area contributed by atoms with Gasteiger partial charge in [-0.15, -0.1) is 18.2 Å². The maximum atomic E-state index is 13.4. The predicted octanol–water partition coefficient (Wildman–Crippen LogP) is 2.00. The van der Waals surface area contributed by atoms with E-state index in [9.17, 15) is 12.8 Å². The van der Waals surface area contributed by atoms with Crippen LogP contribution in [-0.2, 0) is 9.84 Å². The fraction of sp³-hybridized carbons (Fsp3) is 0.429. The lowest BCUT2D eigenvalue weighted by atomic mass is 10.0. The summed E-state index contributed by atoms with van der Waals surface area (Å²) in [5.41, 5.74) is 0.540. The van der Waals surface area contributed by atoms with Crippen LogP contribution in [0.3, 0.4) is 0 Å². The molecule has 1 aliphatic heterocycles. The van der Waals surface area contributed by atoms with E-state index < -0.39 is 15.7 Å². The van der Waals surface area contributed by atoms with Crippen molar-refractivity contribution in [3.63, 3.8) is 0 Å². The minimum atomic E-state index is -3.27. The number of benzene rings is 1. The highest BCUT2D eigenvalue weighted by atomic mass is 32.2. The number of hydrogen-bond donors (Lipinski definition) is 1. The third-order valence-electron chi connectivity index (χ3n) is 3.18. The van der Waals surface area contributed by atoms with Crippen LogP contribution in [0, 0.1) is 18.2 Å². The van der Waals surface area contributed by atoms with Crippen LogP contribution in [-0.4, -0.2) is 32.2 Å². The maximum Gasteiger partial charge on any atom is 0.178 e. The zero-order chi connectivity index (χ0) is 14.6. The Morgan fingerprint density at radius 1 is 1.50 bits per heavy atom. The molecule has 1 unspecified atom stereocenters. The average Bonchev–Trinajstić information content (AvgIpc) is 2.40. The maximum absolute atomic E-state index is 13.4. The zero-order valence-electron chi connectivity index (χ0n) is 10.9. The van der Waals surface area contributed by atoms with Gasteiger partial charge < -0.3 is 5.32 Å². The average molecular weight is 313 g/mol. The second kappa shape index (κ2) is 6.61. The molecule has 108 valence electrons. The fourth-order valence-corrected chi connectivity index (χ4v) is 4.39. The summed E-state index contributed by atoms with van der Waals surface area (Å²) >= 11 is 1.64. The summed E-state index contributed by atoms with van der Waals surface area (Å²) in [7, 11) is -3.27. The van der Waals surface area contributed by atoms with Gasteiger partial charge in [-0.3, -0.25) is 0 Å². The van der Waals surface area contributed by atoms with Gasteiger partial charge in [-0.05, 0) is 30.2 Å². The van der Waals surface area contributed by atoms with Gasteiger partial charge in [0.15, 0.2) is 9.84 Å². The third-order valence-corrected chi connectivity index (χ3v) is 5.86. The molecule has 6 heteroatoms. The van der Waals surface area contributed by atoms with Crippen LogP contribution in [0.1, 0.15) is 18.0 Å². The Bertz CT molecular complexity index is 623. The van der Waals surface area contributed by atoms with Gasteiger partial charge in [-0.1, -0.05) is 5.92 Å².